The van der Waals surface area contributed by atoms with E-state index in [-0.39, 0.29) is 18.1 Å². The van der Waals surface area contributed by atoms with Crippen molar-refractivity contribution in [1.29, 1.82) is 0 Å². The first-order valence-electron chi connectivity index (χ1n) is 10.3. The van der Waals surface area contributed by atoms with Gasteiger partial charge in [-0.25, -0.2) is 0 Å². The van der Waals surface area contributed by atoms with Gasteiger partial charge in [0.1, 0.15) is 22.9 Å². The Kier molecular flexibility index (Phi) is 6.31. The lowest BCUT2D eigenvalue weighted by atomic mass is 10.0. The molecule has 0 atom stereocenters. The van der Waals surface area contributed by atoms with Crippen molar-refractivity contribution in [2.24, 2.45) is 0 Å². The van der Waals surface area contributed by atoms with Crippen LogP contribution in [0.1, 0.15) is 11.1 Å². The van der Waals surface area contributed by atoms with Crippen molar-refractivity contribution in [3.05, 3.63) is 89.6 Å². The maximum absolute atomic E-state index is 13.4. The van der Waals surface area contributed by atoms with Gasteiger partial charge in [-0.2, -0.15) is 0 Å². The van der Waals surface area contributed by atoms with Crippen LogP contribution in [0.5, 0.6) is 17.2 Å². The minimum Gasteiger partial charge on any atom is -0.497 e. The molecular formula is C26H24N2O5. The molecule has 0 spiro atoms. The van der Waals surface area contributed by atoms with E-state index < -0.39 is 5.91 Å². The van der Waals surface area contributed by atoms with Crippen molar-refractivity contribution in [2.75, 3.05) is 26.6 Å². The van der Waals surface area contributed by atoms with Gasteiger partial charge in [0.05, 0.1) is 33.4 Å². The van der Waals surface area contributed by atoms with E-state index in [2.05, 4.69) is 5.32 Å². The Morgan fingerprint density at radius 1 is 0.667 bits per heavy atom. The Hall–Kier alpha value is -4.26. The van der Waals surface area contributed by atoms with Gasteiger partial charge in [0.25, 0.3) is 11.8 Å². The maximum Gasteiger partial charge on any atom is 0.278 e. The summed E-state index contributed by atoms with van der Waals surface area (Å²) in [5, 5.41) is 3.14. The van der Waals surface area contributed by atoms with Gasteiger partial charge in [-0.1, -0.05) is 24.3 Å². The van der Waals surface area contributed by atoms with Crippen molar-refractivity contribution in [3.63, 3.8) is 0 Å². The number of imide groups is 1. The predicted octanol–water partition coefficient (Wildman–Crippen LogP) is 4.10. The van der Waals surface area contributed by atoms with E-state index in [1.54, 1.807) is 82.0 Å². The van der Waals surface area contributed by atoms with E-state index in [9.17, 15) is 9.59 Å². The molecule has 7 heteroatoms. The van der Waals surface area contributed by atoms with Crippen LogP contribution in [-0.2, 0) is 16.1 Å². The summed E-state index contributed by atoms with van der Waals surface area (Å²) in [4.78, 5) is 28.1. The number of rotatable bonds is 8. The average molecular weight is 444 g/mol. The normalized spacial score (nSPS) is 13.4. The lowest BCUT2D eigenvalue weighted by Gasteiger charge is -2.16. The zero-order valence-corrected chi connectivity index (χ0v) is 18.6. The minimum absolute atomic E-state index is 0.148. The van der Waals surface area contributed by atoms with Crippen molar-refractivity contribution < 1.29 is 23.8 Å². The molecule has 0 aromatic heterocycles. The molecule has 33 heavy (non-hydrogen) atoms. The molecule has 3 aromatic carbocycles. The lowest BCUT2D eigenvalue weighted by molar-refractivity contribution is -0.137. The lowest BCUT2D eigenvalue weighted by Crippen LogP contribution is -2.32. The second-order valence-electron chi connectivity index (χ2n) is 7.38. The first-order chi connectivity index (χ1) is 16.0. The van der Waals surface area contributed by atoms with Gasteiger partial charge >= 0.3 is 0 Å². The number of ether oxygens (including phenoxy) is 3. The molecule has 0 unspecified atom stereocenters. The van der Waals surface area contributed by atoms with Crippen molar-refractivity contribution in [3.8, 4) is 17.2 Å². The van der Waals surface area contributed by atoms with Gasteiger partial charge in [-0.15, -0.1) is 0 Å². The van der Waals surface area contributed by atoms with Crippen LogP contribution in [0.25, 0.3) is 5.57 Å². The molecule has 1 N–H and O–H groups in total. The number of benzene rings is 3. The number of carbonyl (C=O) groups is 2. The highest BCUT2D eigenvalue weighted by Crippen LogP contribution is 2.32. The fourth-order valence-electron chi connectivity index (χ4n) is 3.59. The molecule has 3 aromatic rings. The number of methoxy groups -OCH3 is 3. The van der Waals surface area contributed by atoms with E-state index in [0.717, 1.165) is 5.56 Å². The van der Waals surface area contributed by atoms with E-state index in [4.69, 9.17) is 14.2 Å². The number of hydrogen-bond acceptors (Lipinski definition) is 6. The topological polar surface area (TPSA) is 77.1 Å². The van der Waals surface area contributed by atoms with Crippen LogP contribution in [0.15, 0.2) is 78.5 Å². The van der Waals surface area contributed by atoms with Gasteiger partial charge in [0.15, 0.2) is 0 Å². The molecule has 0 radical (unpaired) electrons. The zero-order chi connectivity index (χ0) is 23.4. The molecule has 0 bridgehead atoms. The van der Waals surface area contributed by atoms with Crippen LogP contribution < -0.4 is 19.5 Å². The van der Waals surface area contributed by atoms with Gasteiger partial charge in [0, 0.05) is 5.69 Å². The fraction of sp³-hybridized carbons (Fsp3) is 0.154. The van der Waals surface area contributed by atoms with Crippen molar-refractivity contribution in [2.45, 2.75) is 6.54 Å². The van der Waals surface area contributed by atoms with Crippen LogP contribution >= 0.6 is 0 Å². The van der Waals surface area contributed by atoms with E-state index in [1.165, 1.54) is 4.90 Å². The third-order valence-corrected chi connectivity index (χ3v) is 5.41. The average Bonchev–Trinajstić information content (AvgIpc) is 3.09. The molecule has 0 aliphatic carbocycles. The summed E-state index contributed by atoms with van der Waals surface area (Å²) < 4.78 is 15.6. The molecule has 0 saturated carbocycles. The van der Waals surface area contributed by atoms with E-state index in [0.29, 0.717) is 34.1 Å². The number of hydrogen-bond donors (Lipinski definition) is 1. The summed E-state index contributed by atoms with van der Waals surface area (Å²) in [6.45, 7) is 0.148. The highest BCUT2D eigenvalue weighted by molar-refractivity contribution is 6.36. The molecule has 168 valence electrons. The smallest absolute Gasteiger partial charge is 0.278 e. The molecule has 7 nitrogen and oxygen atoms in total. The molecule has 0 saturated heterocycles. The number of nitrogens with one attached hydrogen (secondary N) is 1. The minimum atomic E-state index is -0.391. The number of amides is 2. The largest absolute Gasteiger partial charge is 0.497 e. The summed E-state index contributed by atoms with van der Waals surface area (Å²) in [5.74, 6) is 1.31. The molecule has 2 amide bonds. The number of carbonyl (C=O) groups excluding carboxylic acids is 2. The SMILES string of the molecule is COc1ccc(CN2C(=O)C(Nc3ccc(OC)cc3)=C(c3ccc(OC)cc3)C2=O)cc1. The quantitative estimate of drug-likeness (QED) is 0.527. The van der Waals surface area contributed by atoms with Gasteiger partial charge < -0.3 is 19.5 Å². The first-order valence-corrected chi connectivity index (χ1v) is 10.3. The Morgan fingerprint density at radius 3 is 1.67 bits per heavy atom. The first kappa shape index (κ1) is 22.0. The summed E-state index contributed by atoms with van der Waals surface area (Å²) in [7, 11) is 4.75. The van der Waals surface area contributed by atoms with Crippen LogP contribution in [-0.4, -0.2) is 38.0 Å². The fourth-order valence-corrected chi connectivity index (χ4v) is 3.59. The summed E-state index contributed by atoms with van der Waals surface area (Å²) in [6, 6.07) is 21.5. The Labute approximate surface area is 192 Å². The summed E-state index contributed by atoms with van der Waals surface area (Å²) in [5.41, 5.74) is 2.65. The van der Waals surface area contributed by atoms with Crippen molar-refractivity contribution >= 4 is 23.1 Å². The predicted molar refractivity (Wildman–Crippen MR) is 125 cm³/mol. The van der Waals surface area contributed by atoms with E-state index in [1.807, 2.05) is 12.1 Å². The Balaban J connectivity index is 1.69. The Bertz CT molecular complexity index is 1180. The molecule has 4 rings (SSSR count). The van der Waals surface area contributed by atoms with E-state index >= 15 is 0 Å². The van der Waals surface area contributed by atoms with Crippen LogP contribution in [0.4, 0.5) is 5.69 Å². The van der Waals surface area contributed by atoms with Crippen LogP contribution in [0, 0.1) is 0 Å². The monoisotopic (exact) mass is 444 g/mol. The molecular weight excluding hydrogens is 420 g/mol. The molecule has 1 aliphatic heterocycles. The standard InChI is InChI=1S/C26H24N2O5/c1-31-20-10-4-17(5-11-20)16-28-25(29)23(18-6-12-21(32-2)13-7-18)24(26(28)30)27-19-8-14-22(33-3)15-9-19/h4-15,27H,16H2,1-3H3. The van der Waals surface area contributed by atoms with Gasteiger partial charge in [-0.05, 0) is 59.7 Å². The molecule has 0 fully saturated rings. The molecule has 1 aliphatic rings. The zero-order valence-electron chi connectivity index (χ0n) is 18.6. The van der Waals surface area contributed by atoms with Crippen molar-refractivity contribution in [1.82, 2.24) is 4.90 Å². The Morgan fingerprint density at radius 2 is 1.15 bits per heavy atom. The van der Waals surface area contributed by atoms with Crippen LogP contribution in [0.3, 0.4) is 0 Å². The highest BCUT2D eigenvalue weighted by Gasteiger charge is 2.39. The number of nitrogens with zero attached hydrogens (tertiary/aromatic N) is 1. The second-order valence-corrected chi connectivity index (χ2v) is 7.38. The van der Waals surface area contributed by atoms with Gasteiger partial charge in [-0.3, -0.25) is 14.5 Å². The summed E-state index contributed by atoms with van der Waals surface area (Å²) in [6.07, 6.45) is 0. The third kappa shape index (κ3) is 4.52. The van der Waals surface area contributed by atoms with Crippen LogP contribution in [0.2, 0.25) is 0 Å². The second kappa shape index (κ2) is 9.48. The highest BCUT2D eigenvalue weighted by atomic mass is 16.5. The number of anilines is 1. The third-order valence-electron chi connectivity index (χ3n) is 5.41. The van der Waals surface area contributed by atoms with Gasteiger partial charge in [0.2, 0.25) is 0 Å². The maximum atomic E-state index is 13.4. The molecule has 1 heterocycles. The summed E-state index contributed by atoms with van der Waals surface area (Å²) >= 11 is 0.